The van der Waals surface area contributed by atoms with Gasteiger partial charge in [0, 0.05) is 44.0 Å². The molecule has 3 heterocycles. The molecule has 0 aliphatic carbocycles. The number of hydrogen-bond donors (Lipinski definition) is 1. The fourth-order valence-corrected chi connectivity index (χ4v) is 8.91. The fourth-order valence-electron chi connectivity index (χ4n) is 8.91. The second-order valence-corrected chi connectivity index (χ2v) is 16.0. The summed E-state index contributed by atoms with van der Waals surface area (Å²) in [5, 5.41) is 11.5. The molecule has 1 aromatic rings. The van der Waals surface area contributed by atoms with Crippen LogP contribution in [-0.2, 0) is 33.3 Å². The van der Waals surface area contributed by atoms with E-state index in [1.807, 2.05) is 77.0 Å². The van der Waals surface area contributed by atoms with Crippen molar-refractivity contribution in [1.82, 2.24) is 9.80 Å². The molecule has 0 aromatic heterocycles. The highest BCUT2D eigenvalue weighted by Crippen LogP contribution is 2.45. The quantitative estimate of drug-likeness (QED) is 0.170. The summed E-state index contributed by atoms with van der Waals surface area (Å²) >= 11 is 0. The number of benzene rings is 1. The van der Waals surface area contributed by atoms with Crippen LogP contribution < -0.4 is 0 Å². The van der Waals surface area contributed by atoms with Gasteiger partial charge in [0.25, 0.3) is 0 Å². The summed E-state index contributed by atoms with van der Waals surface area (Å²) in [5.74, 6) is 2.94. The maximum atomic E-state index is 14.3. The van der Waals surface area contributed by atoms with Crippen LogP contribution in [0.15, 0.2) is 42.0 Å². The SMILES string of the molecule is CC[C@H]1OC(=O)[C@H](C)C(=O)[C@H](C)[C@@H](O[C@@H]2O[C@H](C)C[C@H](N(C)C)[C@H]2O)[C@](C)(OC)C[C@@H](C)/C(=C\CC#Cc2ccccc2)[C@H](C)C2N(C)C(=O)O[C@@]21C. The number of nitrogens with zero attached hydrogens (tertiary/aromatic N) is 2. The first-order valence-corrected chi connectivity index (χ1v) is 19.0. The van der Waals surface area contributed by atoms with E-state index in [1.54, 1.807) is 26.0 Å². The monoisotopic (exact) mass is 738 g/mol. The van der Waals surface area contributed by atoms with E-state index in [-0.39, 0.29) is 24.0 Å². The number of methoxy groups -OCH3 is 1. The Balaban J connectivity index is 1.86. The van der Waals surface area contributed by atoms with Crippen molar-refractivity contribution >= 4 is 17.8 Å². The maximum absolute atomic E-state index is 14.3. The van der Waals surface area contributed by atoms with Gasteiger partial charge < -0.3 is 38.6 Å². The number of esters is 1. The predicted molar refractivity (Wildman–Crippen MR) is 202 cm³/mol. The van der Waals surface area contributed by atoms with E-state index < -0.39 is 71.5 Å². The molecule has 53 heavy (non-hydrogen) atoms. The lowest BCUT2D eigenvalue weighted by molar-refractivity contribution is -0.295. The minimum absolute atomic E-state index is 0.177. The van der Waals surface area contributed by atoms with Crippen LogP contribution in [0, 0.1) is 35.5 Å². The summed E-state index contributed by atoms with van der Waals surface area (Å²) in [4.78, 5) is 45.1. The van der Waals surface area contributed by atoms with Gasteiger partial charge in [-0.2, -0.15) is 0 Å². The van der Waals surface area contributed by atoms with E-state index in [4.69, 9.17) is 23.7 Å². The van der Waals surface area contributed by atoms with Gasteiger partial charge in [0.2, 0.25) is 0 Å². The number of likely N-dealkylation sites (N-methyl/N-ethyl adjacent to an activating group) is 2. The highest BCUT2D eigenvalue weighted by atomic mass is 16.7. The van der Waals surface area contributed by atoms with Gasteiger partial charge in [-0.1, -0.05) is 69.4 Å². The molecule has 1 amide bonds. The van der Waals surface area contributed by atoms with Gasteiger partial charge in [-0.3, -0.25) is 9.59 Å². The number of ketones is 1. The van der Waals surface area contributed by atoms with E-state index in [2.05, 4.69) is 31.8 Å². The van der Waals surface area contributed by atoms with Crippen molar-refractivity contribution in [3.8, 4) is 11.8 Å². The Morgan fingerprint density at radius 1 is 1.06 bits per heavy atom. The van der Waals surface area contributed by atoms with Gasteiger partial charge in [0.05, 0.1) is 23.9 Å². The van der Waals surface area contributed by atoms with Crippen LogP contribution in [0.1, 0.15) is 86.6 Å². The molecule has 0 bridgehead atoms. The van der Waals surface area contributed by atoms with E-state index in [1.165, 1.54) is 6.92 Å². The molecule has 294 valence electrons. The first kappa shape index (κ1) is 42.5. The Morgan fingerprint density at radius 3 is 2.32 bits per heavy atom. The molecule has 3 fully saturated rings. The second kappa shape index (κ2) is 17.5. The average Bonchev–Trinajstić information content (AvgIpc) is 3.36. The van der Waals surface area contributed by atoms with Crippen molar-refractivity contribution in [2.45, 2.75) is 135 Å². The number of Topliss-reactive ketones (excluding diaryl/α,β-unsaturated/α-hetero) is 1. The number of cyclic esters (lactones) is 1. The van der Waals surface area contributed by atoms with E-state index in [0.29, 0.717) is 25.7 Å². The van der Waals surface area contributed by atoms with Crippen molar-refractivity contribution in [3.05, 3.63) is 47.5 Å². The zero-order valence-electron chi connectivity index (χ0n) is 33.8. The van der Waals surface area contributed by atoms with E-state index >= 15 is 0 Å². The van der Waals surface area contributed by atoms with Crippen LogP contribution in [0.25, 0.3) is 0 Å². The van der Waals surface area contributed by atoms with Crippen molar-refractivity contribution in [3.63, 3.8) is 0 Å². The number of allylic oxidation sites excluding steroid dienone is 1. The zero-order valence-corrected chi connectivity index (χ0v) is 33.8. The normalized spacial score (nSPS) is 39.5. The number of rotatable bonds is 6. The lowest BCUT2D eigenvalue weighted by Crippen LogP contribution is -2.59. The van der Waals surface area contributed by atoms with Gasteiger partial charge in [0.1, 0.15) is 18.1 Å². The third-order valence-electron chi connectivity index (χ3n) is 11.9. The summed E-state index contributed by atoms with van der Waals surface area (Å²) in [6.07, 6.45) is -0.651. The molecular formula is C42H62N2O9. The van der Waals surface area contributed by atoms with Gasteiger partial charge in [-0.25, -0.2) is 4.79 Å². The van der Waals surface area contributed by atoms with Gasteiger partial charge in [-0.15, -0.1) is 0 Å². The number of aliphatic hydroxyl groups excluding tert-OH is 1. The van der Waals surface area contributed by atoms with Crippen molar-refractivity contribution in [1.29, 1.82) is 0 Å². The largest absolute Gasteiger partial charge is 0.458 e. The third-order valence-corrected chi connectivity index (χ3v) is 11.9. The minimum Gasteiger partial charge on any atom is -0.458 e. The number of ether oxygens (including phenoxy) is 5. The van der Waals surface area contributed by atoms with E-state index in [0.717, 1.165) is 11.1 Å². The molecule has 1 aromatic carbocycles. The molecule has 0 spiro atoms. The third kappa shape index (κ3) is 9.00. The molecule has 1 unspecified atom stereocenters. The number of carbonyl (C=O) groups excluding carboxylic acids is 3. The summed E-state index contributed by atoms with van der Waals surface area (Å²) in [6, 6.07) is 9.01. The van der Waals surface area contributed by atoms with Crippen LogP contribution >= 0.6 is 0 Å². The first-order valence-electron chi connectivity index (χ1n) is 19.0. The lowest BCUT2D eigenvalue weighted by Gasteiger charge is -2.47. The van der Waals surface area contributed by atoms with Crippen LogP contribution in [0.5, 0.6) is 0 Å². The van der Waals surface area contributed by atoms with Crippen molar-refractivity contribution in [2.75, 3.05) is 28.3 Å². The zero-order chi connectivity index (χ0) is 39.4. The summed E-state index contributed by atoms with van der Waals surface area (Å²) in [5.41, 5.74) is -0.410. The van der Waals surface area contributed by atoms with Crippen molar-refractivity contribution < 1.29 is 43.2 Å². The number of fused-ring (bicyclic) bond motifs is 1. The Morgan fingerprint density at radius 2 is 1.72 bits per heavy atom. The van der Waals surface area contributed by atoms with Gasteiger partial charge >= 0.3 is 12.1 Å². The van der Waals surface area contributed by atoms with Crippen molar-refractivity contribution in [2.24, 2.45) is 23.7 Å². The minimum atomic E-state index is -1.22. The molecule has 4 rings (SSSR count). The molecule has 3 saturated heterocycles. The number of carbonyl (C=O) groups is 3. The molecular weight excluding hydrogens is 676 g/mol. The highest BCUT2D eigenvalue weighted by Gasteiger charge is 2.58. The first-order chi connectivity index (χ1) is 24.9. The van der Waals surface area contributed by atoms with Gasteiger partial charge in [0.15, 0.2) is 17.7 Å². The van der Waals surface area contributed by atoms with Crippen LogP contribution in [0.2, 0.25) is 0 Å². The number of amides is 1. The number of hydrogen-bond acceptors (Lipinski definition) is 10. The predicted octanol–water partition coefficient (Wildman–Crippen LogP) is 5.62. The molecule has 11 nitrogen and oxygen atoms in total. The highest BCUT2D eigenvalue weighted by molar-refractivity contribution is 6.00. The molecule has 11 heteroatoms. The molecule has 13 atom stereocenters. The summed E-state index contributed by atoms with van der Waals surface area (Å²) in [6.45, 7) is 15.0. The maximum Gasteiger partial charge on any atom is 0.410 e. The van der Waals surface area contributed by atoms with Crippen LogP contribution in [0.4, 0.5) is 4.79 Å². The Bertz CT molecular complexity index is 1540. The second-order valence-electron chi connectivity index (χ2n) is 16.0. The van der Waals surface area contributed by atoms with Crippen LogP contribution in [-0.4, -0.2) is 115 Å². The van der Waals surface area contributed by atoms with Crippen LogP contribution in [0.3, 0.4) is 0 Å². The smallest absolute Gasteiger partial charge is 0.410 e. The van der Waals surface area contributed by atoms with Gasteiger partial charge in [-0.05, 0) is 79.1 Å². The Kier molecular flexibility index (Phi) is 14.0. The molecule has 0 saturated carbocycles. The average molecular weight is 739 g/mol. The summed E-state index contributed by atoms with van der Waals surface area (Å²) < 4.78 is 31.5. The topological polar surface area (TPSA) is 124 Å². The Labute approximate surface area is 316 Å². The molecule has 0 radical (unpaired) electrons. The lowest BCUT2D eigenvalue weighted by atomic mass is 9.71. The summed E-state index contributed by atoms with van der Waals surface area (Å²) in [7, 11) is 7.10. The Hall–Kier alpha value is -3.27. The fraction of sp³-hybridized carbons (Fsp3) is 0.690. The molecule has 1 N–H and O–H groups in total. The van der Waals surface area contributed by atoms with E-state index in [9.17, 15) is 19.5 Å². The standard InChI is InChI=1S/C42H62N2O9/c1-13-33-42(8)36(44(11)40(48)53-42)27(4)31(22-18-17-21-30-19-15-14-16-20-30)25(2)24-41(7,49-12)37(28(5)34(45)29(6)38(47)51-33)52-39-35(46)32(43(9)10)23-26(3)50-39/h14-16,19-20,22,25-29,32-33,35-37,39,46H,13,18,23-24H2,1-12H3/b31-22+/t25-,26-,27+,28+,29-,32+,33-,35-,36?,37-,39+,41-,42-/m1/s1. The molecule has 3 aliphatic heterocycles. The molecule has 3 aliphatic rings. The number of aliphatic hydroxyl groups is 1.